The number of fused-ring (bicyclic) bond motifs is 1. The lowest BCUT2D eigenvalue weighted by molar-refractivity contribution is -0.115. The van der Waals surface area contributed by atoms with E-state index in [2.05, 4.69) is 17.1 Å². The molecule has 0 fully saturated rings. The van der Waals surface area contributed by atoms with Gasteiger partial charge in [-0.15, -0.1) is 17.9 Å². The van der Waals surface area contributed by atoms with Gasteiger partial charge in [0.15, 0.2) is 11.0 Å². The number of carbonyl (C=O) groups excluding carboxylic acids is 1. The number of hydrogen-bond acceptors (Lipinski definition) is 7. The molecule has 158 valence electrons. The van der Waals surface area contributed by atoms with E-state index in [0.717, 1.165) is 10.4 Å². The van der Waals surface area contributed by atoms with Gasteiger partial charge in [-0.05, 0) is 18.6 Å². The molecule has 3 heterocycles. The number of nitrogens with one attached hydrogen (secondary N) is 1. The van der Waals surface area contributed by atoms with Gasteiger partial charge in [0.05, 0.1) is 5.39 Å². The third kappa shape index (κ3) is 4.78. The van der Waals surface area contributed by atoms with Crippen LogP contribution in [0.2, 0.25) is 0 Å². The highest BCUT2D eigenvalue weighted by Gasteiger charge is 2.15. The van der Waals surface area contributed by atoms with Gasteiger partial charge in [0, 0.05) is 29.7 Å². The molecule has 0 radical (unpaired) electrons. The Hall–Kier alpha value is -3.17. The lowest BCUT2D eigenvalue weighted by atomic mass is 10.2. The Morgan fingerprint density at radius 1 is 1.32 bits per heavy atom. The Morgan fingerprint density at radius 2 is 2.13 bits per heavy atom. The molecular weight excluding hydrogens is 432 g/mol. The lowest BCUT2D eigenvalue weighted by Gasteiger charge is -2.09. The number of benzene rings is 1. The van der Waals surface area contributed by atoms with Gasteiger partial charge in [-0.2, -0.15) is 0 Å². The van der Waals surface area contributed by atoms with Crippen LogP contribution in [-0.2, 0) is 11.3 Å². The molecule has 1 aromatic carbocycles. The summed E-state index contributed by atoms with van der Waals surface area (Å²) in [7, 11) is 0. The van der Waals surface area contributed by atoms with Crippen molar-refractivity contribution in [2.75, 3.05) is 11.1 Å². The summed E-state index contributed by atoms with van der Waals surface area (Å²) in [6, 6.07) is 13.5. The normalized spacial score (nSPS) is 11.0. The zero-order chi connectivity index (χ0) is 21.8. The van der Waals surface area contributed by atoms with E-state index < -0.39 is 0 Å². The minimum absolute atomic E-state index is 0.103. The van der Waals surface area contributed by atoms with E-state index in [0.29, 0.717) is 39.2 Å². The van der Waals surface area contributed by atoms with Crippen molar-refractivity contribution in [1.29, 1.82) is 0 Å². The van der Waals surface area contributed by atoms with Crippen LogP contribution in [0.4, 0.5) is 5.82 Å². The van der Waals surface area contributed by atoms with Crippen LogP contribution in [0.1, 0.15) is 12.2 Å². The number of amides is 1. The zero-order valence-corrected chi connectivity index (χ0v) is 18.5. The van der Waals surface area contributed by atoms with E-state index in [1.54, 1.807) is 23.6 Å². The Morgan fingerprint density at radius 3 is 2.84 bits per heavy atom. The van der Waals surface area contributed by atoms with Crippen LogP contribution in [0, 0.1) is 6.92 Å². The van der Waals surface area contributed by atoms with E-state index in [9.17, 15) is 9.59 Å². The van der Waals surface area contributed by atoms with E-state index >= 15 is 0 Å². The van der Waals surface area contributed by atoms with E-state index in [-0.39, 0.29) is 17.9 Å². The van der Waals surface area contributed by atoms with E-state index in [1.807, 2.05) is 36.4 Å². The second kappa shape index (κ2) is 9.32. The van der Waals surface area contributed by atoms with Crippen molar-refractivity contribution in [2.45, 2.75) is 25.0 Å². The van der Waals surface area contributed by atoms with E-state index in [1.165, 1.54) is 23.1 Å². The average molecular weight is 453 g/mol. The maximum absolute atomic E-state index is 13.1. The molecule has 0 saturated heterocycles. The van der Waals surface area contributed by atoms with Crippen LogP contribution >= 0.6 is 23.1 Å². The Kier molecular flexibility index (Phi) is 6.34. The predicted molar refractivity (Wildman–Crippen MR) is 125 cm³/mol. The second-order valence-electron chi connectivity index (χ2n) is 6.76. The number of aryl methyl sites for hydroxylation is 1. The van der Waals surface area contributed by atoms with Crippen molar-refractivity contribution >= 4 is 45.0 Å². The van der Waals surface area contributed by atoms with Gasteiger partial charge in [0.25, 0.3) is 5.56 Å². The first-order valence-corrected chi connectivity index (χ1v) is 11.4. The molecule has 0 atom stereocenters. The standard InChI is InChI=1S/C22H20N4O3S2/c1-3-10-26-21(28)16-13-17(15-7-5-4-6-8-15)31-20(16)24-22(26)30-11-9-19(27)23-18-12-14(2)29-25-18/h3-8,12-13H,1,9-11H2,2H3,(H,23,25,27). The van der Waals surface area contributed by atoms with Crippen molar-refractivity contribution in [3.05, 3.63) is 71.2 Å². The topological polar surface area (TPSA) is 90.0 Å². The van der Waals surface area contributed by atoms with Crippen LogP contribution in [-0.4, -0.2) is 26.4 Å². The summed E-state index contributed by atoms with van der Waals surface area (Å²) in [6.07, 6.45) is 1.92. The van der Waals surface area contributed by atoms with Crippen molar-refractivity contribution in [2.24, 2.45) is 0 Å². The number of aromatic nitrogens is 3. The Labute approximate surface area is 186 Å². The highest BCUT2D eigenvalue weighted by molar-refractivity contribution is 7.99. The minimum Gasteiger partial charge on any atom is -0.360 e. The van der Waals surface area contributed by atoms with Gasteiger partial charge in [0.2, 0.25) is 5.91 Å². The van der Waals surface area contributed by atoms with Gasteiger partial charge in [-0.1, -0.05) is 53.3 Å². The minimum atomic E-state index is -0.179. The maximum atomic E-state index is 13.1. The fraction of sp³-hybridized carbons (Fsp3) is 0.182. The summed E-state index contributed by atoms with van der Waals surface area (Å²) in [5, 5.41) is 7.61. The Balaban J connectivity index is 1.54. The van der Waals surface area contributed by atoms with Gasteiger partial charge >= 0.3 is 0 Å². The van der Waals surface area contributed by atoms with Crippen LogP contribution in [0.15, 0.2) is 69.6 Å². The summed E-state index contributed by atoms with van der Waals surface area (Å²) in [5.74, 6) is 1.31. The average Bonchev–Trinajstić information content (AvgIpc) is 3.37. The molecule has 4 aromatic rings. The third-order valence-corrected chi connectivity index (χ3v) is 6.50. The summed E-state index contributed by atoms with van der Waals surface area (Å²) >= 11 is 2.86. The summed E-state index contributed by atoms with van der Waals surface area (Å²) in [5.41, 5.74) is 0.947. The van der Waals surface area contributed by atoms with Crippen molar-refractivity contribution in [1.82, 2.24) is 14.7 Å². The molecule has 9 heteroatoms. The van der Waals surface area contributed by atoms with Gasteiger partial charge in [0.1, 0.15) is 10.6 Å². The third-order valence-electron chi connectivity index (χ3n) is 4.44. The molecule has 3 aromatic heterocycles. The molecular formula is C22H20N4O3S2. The number of thioether (sulfide) groups is 1. The highest BCUT2D eigenvalue weighted by Crippen LogP contribution is 2.32. The van der Waals surface area contributed by atoms with Crippen molar-refractivity contribution in [3.63, 3.8) is 0 Å². The molecule has 1 amide bonds. The molecule has 0 aliphatic rings. The van der Waals surface area contributed by atoms with E-state index in [4.69, 9.17) is 9.51 Å². The van der Waals surface area contributed by atoms with Crippen LogP contribution in [0.3, 0.4) is 0 Å². The van der Waals surface area contributed by atoms with Crippen LogP contribution in [0.25, 0.3) is 20.7 Å². The largest absolute Gasteiger partial charge is 0.360 e. The molecule has 0 aliphatic heterocycles. The molecule has 0 spiro atoms. The molecule has 31 heavy (non-hydrogen) atoms. The number of rotatable bonds is 8. The quantitative estimate of drug-likeness (QED) is 0.236. The molecule has 4 rings (SSSR count). The first-order chi connectivity index (χ1) is 15.0. The van der Waals surface area contributed by atoms with Crippen molar-refractivity contribution < 1.29 is 9.32 Å². The fourth-order valence-electron chi connectivity index (χ4n) is 3.01. The lowest BCUT2D eigenvalue weighted by Crippen LogP contribution is -2.22. The maximum Gasteiger partial charge on any atom is 0.263 e. The first kappa shape index (κ1) is 21.1. The summed E-state index contributed by atoms with van der Waals surface area (Å²) in [6.45, 7) is 5.86. The molecule has 0 aliphatic carbocycles. The summed E-state index contributed by atoms with van der Waals surface area (Å²) in [4.78, 5) is 31.7. The smallest absolute Gasteiger partial charge is 0.263 e. The number of thiophene rings is 1. The summed E-state index contributed by atoms with van der Waals surface area (Å²) < 4.78 is 6.54. The predicted octanol–water partition coefficient (Wildman–Crippen LogP) is 4.73. The molecule has 1 N–H and O–H groups in total. The van der Waals surface area contributed by atoms with Gasteiger partial charge < -0.3 is 9.84 Å². The fourth-order valence-corrected chi connectivity index (χ4v) is 5.03. The van der Waals surface area contributed by atoms with Crippen LogP contribution < -0.4 is 10.9 Å². The molecule has 0 saturated carbocycles. The molecule has 7 nitrogen and oxygen atoms in total. The highest BCUT2D eigenvalue weighted by atomic mass is 32.2. The number of hydrogen-bond donors (Lipinski definition) is 1. The van der Waals surface area contributed by atoms with Crippen LogP contribution in [0.5, 0.6) is 0 Å². The molecule has 0 unspecified atom stereocenters. The first-order valence-electron chi connectivity index (χ1n) is 9.62. The number of anilines is 1. The number of allylic oxidation sites excluding steroid dienone is 1. The Bertz CT molecular complexity index is 1290. The van der Waals surface area contributed by atoms with Gasteiger partial charge in [-0.25, -0.2) is 4.98 Å². The monoisotopic (exact) mass is 452 g/mol. The second-order valence-corrected chi connectivity index (χ2v) is 8.86. The van der Waals surface area contributed by atoms with Gasteiger partial charge in [-0.3, -0.25) is 14.2 Å². The number of nitrogens with zero attached hydrogens (tertiary/aromatic N) is 3. The zero-order valence-electron chi connectivity index (χ0n) is 16.8. The molecule has 0 bridgehead atoms. The number of carbonyl (C=O) groups is 1. The SMILES string of the molecule is C=CCn1c(SCCC(=O)Nc2cc(C)on2)nc2sc(-c3ccccc3)cc2c1=O. The van der Waals surface area contributed by atoms with Crippen molar-refractivity contribution in [3.8, 4) is 10.4 Å².